The Balaban J connectivity index is 2.08. The lowest BCUT2D eigenvalue weighted by Crippen LogP contribution is -2.37. The molecular weight excluding hydrogens is 266 g/mol. The quantitative estimate of drug-likeness (QED) is 0.652. The topological polar surface area (TPSA) is 87.5 Å². The average Bonchev–Trinajstić information content (AvgIpc) is 2.76. The molecule has 0 saturated heterocycles. The van der Waals surface area contributed by atoms with Crippen molar-refractivity contribution in [2.45, 2.75) is 39.4 Å². The van der Waals surface area contributed by atoms with Gasteiger partial charge >= 0.3 is 0 Å². The first kappa shape index (κ1) is 16.3. The molecule has 0 amide bonds. The van der Waals surface area contributed by atoms with Crippen LogP contribution in [0.1, 0.15) is 27.2 Å². The minimum atomic E-state index is -0.636. The molecule has 1 aromatic heterocycles. The van der Waals surface area contributed by atoms with Crippen LogP contribution in [0.5, 0.6) is 5.88 Å². The third-order valence-corrected chi connectivity index (χ3v) is 2.83. The summed E-state index contributed by atoms with van der Waals surface area (Å²) >= 11 is 1.06. The van der Waals surface area contributed by atoms with Gasteiger partial charge in [0.2, 0.25) is 5.88 Å². The predicted octanol–water partition coefficient (Wildman–Crippen LogP) is 0.664. The molecule has 0 spiro atoms. The highest BCUT2D eigenvalue weighted by atomic mass is 32.1. The summed E-state index contributed by atoms with van der Waals surface area (Å²) in [5, 5.41) is 22.5. The lowest BCUT2D eigenvalue weighted by Gasteiger charge is -2.23. The van der Waals surface area contributed by atoms with Crippen molar-refractivity contribution in [3.8, 4) is 5.88 Å². The molecule has 0 aliphatic rings. The van der Waals surface area contributed by atoms with E-state index in [0.29, 0.717) is 19.0 Å². The fourth-order valence-corrected chi connectivity index (χ4v) is 2.02. The van der Waals surface area contributed by atoms with Gasteiger partial charge in [-0.25, -0.2) is 0 Å². The number of hydrogen-bond acceptors (Lipinski definition) is 7. The number of hydrogen-bond donors (Lipinski definition) is 3. The van der Waals surface area contributed by atoms with Gasteiger partial charge in [0.25, 0.3) is 0 Å². The Morgan fingerprint density at radius 3 is 2.58 bits per heavy atom. The van der Waals surface area contributed by atoms with Crippen LogP contribution in [0, 0.1) is 5.41 Å². The normalized spacial score (nSPS) is 15.2. The van der Waals surface area contributed by atoms with Crippen molar-refractivity contribution < 1.29 is 14.9 Å². The van der Waals surface area contributed by atoms with E-state index >= 15 is 0 Å². The van der Waals surface area contributed by atoms with Gasteiger partial charge in [-0.05, 0) is 11.8 Å². The Hall–Kier alpha value is -0.760. The van der Waals surface area contributed by atoms with Crippen molar-refractivity contribution in [1.82, 2.24) is 14.1 Å². The zero-order valence-electron chi connectivity index (χ0n) is 11.7. The Bertz CT molecular complexity index is 340. The Labute approximate surface area is 118 Å². The van der Waals surface area contributed by atoms with E-state index in [4.69, 9.17) is 4.74 Å². The zero-order chi connectivity index (χ0) is 14.3. The Morgan fingerprint density at radius 1 is 1.32 bits per heavy atom. The van der Waals surface area contributed by atoms with Crippen molar-refractivity contribution in [2.24, 2.45) is 5.41 Å². The highest BCUT2D eigenvalue weighted by Crippen LogP contribution is 2.20. The number of nitrogens with zero attached hydrogens (tertiary/aromatic N) is 2. The molecule has 0 saturated carbocycles. The summed E-state index contributed by atoms with van der Waals surface area (Å²) < 4.78 is 12.9. The van der Waals surface area contributed by atoms with E-state index in [1.54, 1.807) is 0 Å². The summed E-state index contributed by atoms with van der Waals surface area (Å²) in [6, 6.07) is 0. The van der Waals surface area contributed by atoms with E-state index in [9.17, 15) is 10.2 Å². The molecule has 3 N–H and O–H groups in total. The van der Waals surface area contributed by atoms with Crippen LogP contribution in [0.15, 0.2) is 6.20 Å². The molecule has 2 atom stereocenters. The molecule has 6 nitrogen and oxygen atoms in total. The minimum absolute atomic E-state index is 0.0977. The third kappa shape index (κ3) is 8.10. The van der Waals surface area contributed by atoms with E-state index < -0.39 is 12.2 Å². The van der Waals surface area contributed by atoms with E-state index in [1.165, 1.54) is 6.20 Å². The molecule has 0 fully saturated rings. The lowest BCUT2D eigenvalue weighted by molar-refractivity contribution is 0.0895. The molecule has 0 aliphatic carbocycles. The maximum absolute atomic E-state index is 9.79. The average molecular weight is 289 g/mol. The van der Waals surface area contributed by atoms with Gasteiger partial charge < -0.3 is 20.3 Å². The predicted molar refractivity (Wildman–Crippen MR) is 74.4 cm³/mol. The molecule has 1 rings (SSSR count). The van der Waals surface area contributed by atoms with Crippen LogP contribution in [-0.4, -0.2) is 50.9 Å². The van der Waals surface area contributed by atoms with Crippen LogP contribution in [0.2, 0.25) is 0 Å². The van der Waals surface area contributed by atoms with Gasteiger partial charge in [0.05, 0.1) is 17.8 Å². The van der Waals surface area contributed by atoms with Gasteiger partial charge in [-0.1, -0.05) is 20.8 Å². The summed E-state index contributed by atoms with van der Waals surface area (Å²) in [6.07, 6.45) is 1.19. The number of ether oxygens (including phenoxy) is 1. The second kappa shape index (κ2) is 7.74. The molecular formula is C12H23N3O3S. The SMILES string of the molecule is CC(C)(C)CC(O)CNCC(O)COc1cnsn1. The summed E-state index contributed by atoms with van der Waals surface area (Å²) in [5.41, 5.74) is 0.0977. The number of aliphatic hydroxyl groups excluding tert-OH is 2. The molecule has 7 heteroatoms. The molecule has 110 valence electrons. The molecule has 0 radical (unpaired) electrons. The van der Waals surface area contributed by atoms with Crippen LogP contribution in [-0.2, 0) is 0 Å². The summed E-state index contributed by atoms with van der Waals surface area (Å²) in [5.74, 6) is 0.428. The van der Waals surface area contributed by atoms with Gasteiger partial charge in [0, 0.05) is 13.1 Å². The smallest absolute Gasteiger partial charge is 0.245 e. The van der Waals surface area contributed by atoms with E-state index in [2.05, 4.69) is 34.8 Å². The number of aliphatic hydroxyl groups is 2. The molecule has 0 aliphatic heterocycles. The fraction of sp³-hybridized carbons (Fsp3) is 0.833. The van der Waals surface area contributed by atoms with Crippen LogP contribution in [0.3, 0.4) is 0 Å². The maximum atomic E-state index is 9.79. The standard InChI is InChI=1S/C12H23N3O3S/c1-12(2,3)4-9(16)5-13-6-10(17)8-18-11-7-14-19-15-11/h7,9-10,13,16-17H,4-6,8H2,1-3H3. The molecule has 1 aromatic rings. The second-order valence-electron chi connectivity index (χ2n) is 5.79. The highest BCUT2D eigenvalue weighted by molar-refractivity contribution is 6.99. The summed E-state index contributed by atoms with van der Waals surface area (Å²) in [7, 11) is 0. The van der Waals surface area contributed by atoms with E-state index in [-0.39, 0.29) is 12.0 Å². The fourth-order valence-electron chi connectivity index (χ4n) is 1.66. The first-order chi connectivity index (χ1) is 8.87. The van der Waals surface area contributed by atoms with Crippen LogP contribution in [0.25, 0.3) is 0 Å². The van der Waals surface area contributed by atoms with Crippen molar-refractivity contribution >= 4 is 11.7 Å². The minimum Gasteiger partial charge on any atom is -0.473 e. The lowest BCUT2D eigenvalue weighted by atomic mass is 9.89. The van der Waals surface area contributed by atoms with Crippen molar-refractivity contribution in [2.75, 3.05) is 19.7 Å². The first-order valence-electron chi connectivity index (χ1n) is 6.34. The van der Waals surface area contributed by atoms with Gasteiger partial charge in [0.15, 0.2) is 0 Å². The van der Waals surface area contributed by atoms with Crippen molar-refractivity contribution in [3.63, 3.8) is 0 Å². The van der Waals surface area contributed by atoms with Gasteiger partial charge in [-0.15, -0.1) is 4.37 Å². The second-order valence-corrected chi connectivity index (χ2v) is 6.34. The van der Waals surface area contributed by atoms with Crippen LogP contribution in [0.4, 0.5) is 0 Å². The Morgan fingerprint density at radius 2 is 2.00 bits per heavy atom. The van der Waals surface area contributed by atoms with E-state index in [0.717, 1.165) is 18.1 Å². The molecule has 19 heavy (non-hydrogen) atoms. The van der Waals surface area contributed by atoms with Crippen LogP contribution < -0.4 is 10.1 Å². The van der Waals surface area contributed by atoms with Crippen molar-refractivity contribution in [1.29, 1.82) is 0 Å². The molecule has 2 unspecified atom stereocenters. The molecule has 0 aromatic carbocycles. The summed E-state index contributed by atoms with van der Waals surface area (Å²) in [4.78, 5) is 0. The van der Waals surface area contributed by atoms with Gasteiger partial charge in [0.1, 0.15) is 18.9 Å². The van der Waals surface area contributed by atoms with Crippen LogP contribution >= 0.6 is 11.7 Å². The number of rotatable bonds is 8. The molecule has 1 heterocycles. The first-order valence-corrected chi connectivity index (χ1v) is 7.07. The zero-order valence-corrected chi connectivity index (χ0v) is 12.5. The largest absolute Gasteiger partial charge is 0.473 e. The maximum Gasteiger partial charge on any atom is 0.245 e. The number of aromatic nitrogens is 2. The Kier molecular flexibility index (Phi) is 6.64. The van der Waals surface area contributed by atoms with E-state index in [1.807, 2.05) is 0 Å². The van der Waals surface area contributed by atoms with Crippen molar-refractivity contribution in [3.05, 3.63) is 6.20 Å². The highest BCUT2D eigenvalue weighted by Gasteiger charge is 2.16. The molecule has 0 bridgehead atoms. The van der Waals surface area contributed by atoms with Gasteiger partial charge in [-0.3, -0.25) is 0 Å². The monoisotopic (exact) mass is 289 g/mol. The third-order valence-electron chi connectivity index (χ3n) is 2.37. The number of nitrogens with one attached hydrogen (secondary N) is 1. The summed E-state index contributed by atoms with van der Waals surface area (Å²) in [6.45, 7) is 7.25. The van der Waals surface area contributed by atoms with Gasteiger partial charge in [-0.2, -0.15) is 4.37 Å².